The third-order valence-corrected chi connectivity index (χ3v) is 4.50. The second-order valence-electron chi connectivity index (χ2n) is 5.83. The van der Waals surface area contributed by atoms with Crippen molar-refractivity contribution in [3.05, 3.63) is 34.5 Å². The van der Waals surface area contributed by atoms with E-state index in [-0.39, 0.29) is 18.7 Å². The molecule has 23 heavy (non-hydrogen) atoms. The maximum Gasteiger partial charge on any atom is 0.393 e. The lowest BCUT2D eigenvalue weighted by atomic mass is 9.97. The molecule has 2 heterocycles. The first-order valence-electron chi connectivity index (χ1n) is 7.32. The third kappa shape index (κ3) is 3.04. The predicted octanol–water partition coefficient (Wildman–Crippen LogP) is 4.81. The summed E-state index contributed by atoms with van der Waals surface area (Å²) in [5.41, 5.74) is 1.10. The number of hydrogen-bond acceptors (Lipinski definition) is 2. The standard InChI is InChI=1S/C16H15ClF3NO2/c1-9-12-7-11(17)4-5-13(12)23-14(9)15(22)21-6-2-3-10(8-21)16(18,19)20/h4-5,7,10H,2-3,6,8H2,1H3/t10-/m1/s1. The summed E-state index contributed by atoms with van der Waals surface area (Å²) in [6.07, 6.45) is -3.89. The van der Waals surface area contributed by atoms with Crippen molar-refractivity contribution >= 4 is 28.5 Å². The van der Waals surface area contributed by atoms with Gasteiger partial charge >= 0.3 is 6.18 Å². The van der Waals surface area contributed by atoms with E-state index in [1.165, 1.54) is 4.90 Å². The molecule has 1 saturated heterocycles. The Morgan fingerprint density at radius 3 is 2.83 bits per heavy atom. The lowest BCUT2D eigenvalue weighted by Gasteiger charge is -2.33. The molecule has 1 fully saturated rings. The molecule has 1 atom stereocenters. The van der Waals surface area contributed by atoms with Gasteiger partial charge in [-0.3, -0.25) is 4.79 Å². The number of fused-ring (bicyclic) bond motifs is 1. The normalized spacial score (nSPS) is 19.3. The maximum atomic E-state index is 12.9. The lowest BCUT2D eigenvalue weighted by Crippen LogP contribution is -2.44. The topological polar surface area (TPSA) is 33.5 Å². The molecule has 0 N–H and O–H groups in total. The minimum Gasteiger partial charge on any atom is -0.451 e. The smallest absolute Gasteiger partial charge is 0.393 e. The van der Waals surface area contributed by atoms with E-state index >= 15 is 0 Å². The van der Waals surface area contributed by atoms with Crippen LogP contribution in [0.25, 0.3) is 11.0 Å². The highest BCUT2D eigenvalue weighted by molar-refractivity contribution is 6.31. The van der Waals surface area contributed by atoms with E-state index in [2.05, 4.69) is 0 Å². The lowest BCUT2D eigenvalue weighted by molar-refractivity contribution is -0.184. The summed E-state index contributed by atoms with van der Waals surface area (Å²) in [5.74, 6) is -1.88. The van der Waals surface area contributed by atoms with Gasteiger partial charge in [0.1, 0.15) is 5.58 Å². The van der Waals surface area contributed by atoms with E-state index in [4.69, 9.17) is 16.0 Å². The van der Waals surface area contributed by atoms with Crippen LogP contribution in [0.4, 0.5) is 13.2 Å². The SMILES string of the molecule is Cc1c(C(=O)N2CCC[C@@H](C(F)(F)F)C2)oc2ccc(Cl)cc12. The zero-order chi connectivity index (χ0) is 16.8. The first-order valence-corrected chi connectivity index (χ1v) is 7.70. The molecule has 0 radical (unpaired) electrons. The number of piperidine rings is 1. The Morgan fingerprint density at radius 2 is 2.13 bits per heavy atom. The highest BCUT2D eigenvalue weighted by atomic mass is 35.5. The average Bonchev–Trinajstić information content (AvgIpc) is 2.83. The Labute approximate surface area is 136 Å². The van der Waals surface area contributed by atoms with Gasteiger partial charge in [-0.05, 0) is 38.0 Å². The molecule has 7 heteroatoms. The number of likely N-dealkylation sites (tertiary alicyclic amines) is 1. The van der Waals surface area contributed by atoms with Crippen molar-refractivity contribution in [1.29, 1.82) is 0 Å². The number of hydrogen-bond donors (Lipinski definition) is 0. The van der Waals surface area contributed by atoms with Crippen molar-refractivity contribution in [3.8, 4) is 0 Å². The number of benzene rings is 1. The van der Waals surface area contributed by atoms with Gasteiger partial charge in [0.15, 0.2) is 5.76 Å². The molecule has 124 valence electrons. The number of rotatable bonds is 1. The molecule has 1 aromatic carbocycles. The quantitative estimate of drug-likeness (QED) is 0.743. The molecule has 0 spiro atoms. The van der Waals surface area contributed by atoms with Crippen molar-refractivity contribution < 1.29 is 22.4 Å². The van der Waals surface area contributed by atoms with Crippen LogP contribution in [0, 0.1) is 12.8 Å². The Hall–Kier alpha value is -1.69. The van der Waals surface area contributed by atoms with Crippen LogP contribution in [0.1, 0.15) is 29.0 Å². The van der Waals surface area contributed by atoms with E-state index < -0.39 is 18.0 Å². The van der Waals surface area contributed by atoms with Gasteiger partial charge in [0.05, 0.1) is 5.92 Å². The predicted molar refractivity (Wildman–Crippen MR) is 80.6 cm³/mol. The van der Waals surface area contributed by atoms with E-state index in [0.717, 1.165) is 0 Å². The van der Waals surface area contributed by atoms with Crippen molar-refractivity contribution in [2.24, 2.45) is 5.92 Å². The monoisotopic (exact) mass is 345 g/mol. The van der Waals surface area contributed by atoms with Gasteiger partial charge in [0.2, 0.25) is 0 Å². The third-order valence-electron chi connectivity index (χ3n) is 4.26. The Balaban J connectivity index is 1.90. The number of halogens is 4. The zero-order valence-corrected chi connectivity index (χ0v) is 13.2. The minimum absolute atomic E-state index is 0.0575. The van der Waals surface area contributed by atoms with Crippen molar-refractivity contribution in [2.75, 3.05) is 13.1 Å². The molecule has 1 amide bonds. The second-order valence-corrected chi connectivity index (χ2v) is 6.27. The maximum absolute atomic E-state index is 12.9. The number of amides is 1. The number of carbonyl (C=O) groups excluding carboxylic acids is 1. The Bertz CT molecular complexity index is 754. The molecule has 0 saturated carbocycles. The molecule has 3 rings (SSSR count). The molecule has 1 aliphatic rings. The molecule has 0 unspecified atom stereocenters. The summed E-state index contributed by atoms with van der Waals surface area (Å²) in [6.45, 7) is 1.70. The summed E-state index contributed by atoms with van der Waals surface area (Å²) in [6, 6.07) is 4.97. The van der Waals surface area contributed by atoms with Crippen LogP contribution in [-0.2, 0) is 0 Å². The van der Waals surface area contributed by atoms with E-state index in [1.807, 2.05) is 0 Å². The van der Waals surface area contributed by atoms with Gasteiger partial charge < -0.3 is 9.32 Å². The van der Waals surface area contributed by atoms with E-state index in [9.17, 15) is 18.0 Å². The first kappa shape index (κ1) is 16.2. The average molecular weight is 346 g/mol. The number of nitrogens with zero attached hydrogens (tertiary/aromatic N) is 1. The van der Waals surface area contributed by atoms with Crippen LogP contribution in [0.15, 0.2) is 22.6 Å². The summed E-state index contributed by atoms with van der Waals surface area (Å²) < 4.78 is 44.2. The molecular weight excluding hydrogens is 331 g/mol. The molecule has 1 aromatic heterocycles. The summed E-state index contributed by atoms with van der Waals surface area (Å²) in [4.78, 5) is 13.8. The highest BCUT2D eigenvalue weighted by Crippen LogP contribution is 2.34. The van der Waals surface area contributed by atoms with Crippen LogP contribution in [-0.4, -0.2) is 30.1 Å². The number of carbonyl (C=O) groups is 1. The molecule has 1 aliphatic heterocycles. The highest BCUT2D eigenvalue weighted by Gasteiger charge is 2.43. The zero-order valence-electron chi connectivity index (χ0n) is 12.4. The fraction of sp³-hybridized carbons (Fsp3) is 0.438. The summed E-state index contributed by atoms with van der Waals surface area (Å²) in [7, 11) is 0. The first-order chi connectivity index (χ1) is 10.8. The van der Waals surface area contributed by atoms with Gasteiger partial charge in [-0.25, -0.2) is 0 Å². The minimum atomic E-state index is -4.28. The van der Waals surface area contributed by atoms with Crippen molar-refractivity contribution in [2.45, 2.75) is 25.9 Å². The summed E-state index contributed by atoms with van der Waals surface area (Å²) in [5, 5.41) is 1.21. The largest absolute Gasteiger partial charge is 0.451 e. The van der Waals surface area contributed by atoms with Crippen molar-refractivity contribution in [3.63, 3.8) is 0 Å². The second kappa shape index (κ2) is 5.74. The fourth-order valence-electron chi connectivity index (χ4n) is 2.97. The van der Waals surface area contributed by atoms with Gasteiger partial charge in [-0.2, -0.15) is 13.2 Å². The van der Waals surface area contributed by atoms with Gasteiger partial charge in [-0.15, -0.1) is 0 Å². The molecular formula is C16H15ClF3NO2. The van der Waals surface area contributed by atoms with Crippen molar-refractivity contribution in [1.82, 2.24) is 4.90 Å². The van der Waals surface area contributed by atoms with Crippen LogP contribution >= 0.6 is 11.6 Å². The number of alkyl halides is 3. The molecule has 0 bridgehead atoms. The van der Waals surface area contributed by atoms with Crippen LogP contribution in [0.2, 0.25) is 5.02 Å². The Kier molecular flexibility index (Phi) is 4.04. The van der Waals surface area contributed by atoms with E-state index in [0.29, 0.717) is 34.5 Å². The van der Waals surface area contributed by atoms with Crippen LogP contribution in [0.5, 0.6) is 0 Å². The number of aryl methyl sites for hydroxylation is 1. The molecule has 0 aliphatic carbocycles. The molecule has 2 aromatic rings. The summed E-state index contributed by atoms with van der Waals surface area (Å²) >= 11 is 5.94. The fourth-order valence-corrected chi connectivity index (χ4v) is 3.14. The van der Waals surface area contributed by atoms with Crippen LogP contribution in [0.3, 0.4) is 0 Å². The molecule has 3 nitrogen and oxygen atoms in total. The van der Waals surface area contributed by atoms with E-state index in [1.54, 1.807) is 25.1 Å². The number of furan rings is 1. The van der Waals surface area contributed by atoms with Gasteiger partial charge in [-0.1, -0.05) is 11.6 Å². The Morgan fingerprint density at radius 1 is 1.39 bits per heavy atom. The van der Waals surface area contributed by atoms with Gasteiger partial charge in [0, 0.05) is 29.1 Å². The van der Waals surface area contributed by atoms with Crippen LogP contribution < -0.4 is 0 Å². The van der Waals surface area contributed by atoms with Gasteiger partial charge in [0.25, 0.3) is 5.91 Å².